The molecule has 4 N–H and O–H groups in total. The van der Waals surface area contributed by atoms with E-state index in [4.69, 9.17) is 11.6 Å². The summed E-state index contributed by atoms with van der Waals surface area (Å²) in [7, 11) is -3.88. The number of nitrogens with one attached hydrogen (secondary N) is 4. The highest BCUT2D eigenvalue weighted by Gasteiger charge is 2.16. The van der Waals surface area contributed by atoms with Crippen LogP contribution in [-0.2, 0) is 16.6 Å². The number of halogens is 1. The fraction of sp³-hybridized carbons (Fsp3) is 0.0476. The zero-order chi connectivity index (χ0) is 22.0. The van der Waals surface area contributed by atoms with E-state index in [1.807, 2.05) is 6.07 Å². The van der Waals surface area contributed by atoms with Gasteiger partial charge in [0, 0.05) is 22.8 Å². The monoisotopic (exact) mass is 456 g/mol. The zero-order valence-electron chi connectivity index (χ0n) is 16.0. The van der Waals surface area contributed by atoms with Gasteiger partial charge in [0.2, 0.25) is 0 Å². The summed E-state index contributed by atoms with van der Waals surface area (Å²) in [5, 5.41) is 3.38. The summed E-state index contributed by atoms with van der Waals surface area (Å²) in [6, 6.07) is 17.5. The predicted octanol–water partition coefficient (Wildman–Crippen LogP) is 3.24. The molecule has 0 bridgehead atoms. The van der Waals surface area contributed by atoms with Crippen LogP contribution in [-0.4, -0.2) is 24.3 Å². The van der Waals surface area contributed by atoms with Gasteiger partial charge in [0.15, 0.2) is 0 Å². The molecule has 0 saturated carbocycles. The summed E-state index contributed by atoms with van der Waals surface area (Å²) in [6.45, 7) is 0.317. The lowest BCUT2D eigenvalue weighted by Gasteiger charge is -2.10. The Morgan fingerprint density at radius 3 is 2.42 bits per heavy atom. The first kappa shape index (κ1) is 20.7. The van der Waals surface area contributed by atoms with Crippen LogP contribution in [0.15, 0.2) is 76.4 Å². The van der Waals surface area contributed by atoms with E-state index in [0.717, 1.165) is 5.56 Å². The number of H-pyrrole nitrogens is 2. The van der Waals surface area contributed by atoms with E-state index in [1.165, 1.54) is 42.5 Å². The lowest BCUT2D eigenvalue weighted by molar-refractivity contribution is 0.0951. The Bertz CT molecular complexity index is 1430. The van der Waals surface area contributed by atoms with Gasteiger partial charge in [0.05, 0.1) is 15.9 Å². The van der Waals surface area contributed by atoms with Crippen LogP contribution in [0.1, 0.15) is 15.9 Å². The number of aromatic amines is 2. The van der Waals surface area contributed by atoms with Crippen molar-refractivity contribution in [3.05, 3.63) is 93.4 Å². The molecule has 0 saturated heterocycles. The Morgan fingerprint density at radius 2 is 1.68 bits per heavy atom. The van der Waals surface area contributed by atoms with Gasteiger partial charge in [-0.1, -0.05) is 23.7 Å². The van der Waals surface area contributed by atoms with E-state index in [2.05, 4.69) is 20.0 Å². The van der Waals surface area contributed by atoms with Gasteiger partial charge >= 0.3 is 5.69 Å². The molecular formula is C21H17ClN4O4S. The molecule has 1 aromatic heterocycles. The molecule has 0 aliphatic rings. The molecule has 4 rings (SSSR count). The molecule has 0 fully saturated rings. The average molecular weight is 457 g/mol. The highest BCUT2D eigenvalue weighted by atomic mass is 35.5. The van der Waals surface area contributed by atoms with Crippen molar-refractivity contribution < 1.29 is 13.2 Å². The lowest BCUT2D eigenvalue weighted by atomic mass is 10.2. The third-order valence-corrected chi connectivity index (χ3v) is 6.15. The number of benzene rings is 3. The van der Waals surface area contributed by atoms with Crippen LogP contribution in [0.5, 0.6) is 0 Å². The van der Waals surface area contributed by atoms with Crippen molar-refractivity contribution in [2.24, 2.45) is 0 Å². The summed E-state index contributed by atoms with van der Waals surface area (Å²) in [4.78, 5) is 28.8. The topological polar surface area (TPSA) is 124 Å². The van der Waals surface area contributed by atoms with Crippen molar-refractivity contribution >= 4 is 44.3 Å². The summed E-state index contributed by atoms with van der Waals surface area (Å²) >= 11 is 5.94. The first-order chi connectivity index (χ1) is 14.8. The molecule has 0 unspecified atom stereocenters. The van der Waals surface area contributed by atoms with Crippen molar-refractivity contribution in [3.63, 3.8) is 0 Å². The van der Waals surface area contributed by atoms with E-state index in [-0.39, 0.29) is 10.8 Å². The Hall–Kier alpha value is -3.56. The molecule has 1 heterocycles. The minimum absolute atomic E-state index is 0.00130. The van der Waals surface area contributed by atoms with Crippen molar-refractivity contribution in [3.8, 4) is 0 Å². The van der Waals surface area contributed by atoms with Crippen LogP contribution in [0.3, 0.4) is 0 Å². The molecule has 0 spiro atoms. The van der Waals surface area contributed by atoms with Gasteiger partial charge in [0.25, 0.3) is 15.9 Å². The van der Waals surface area contributed by atoms with Crippen LogP contribution in [0, 0.1) is 0 Å². The van der Waals surface area contributed by atoms with E-state index in [9.17, 15) is 18.0 Å². The number of carbonyl (C=O) groups excluding carboxylic acids is 1. The number of fused-ring (bicyclic) bond motifs is 1. The fourth-order valence-electron chi connectivity index (χ4n) is 3.01. The normalized spacial score (nSPS) is 11.4. The number of hydrogen-bond donors (Lipinski definition) is 4. The van der Waals surface area contributed by atoms with Gasteiger partial charge < -0.3 is 15.3 Å². The maximum absolute atomic E-state index is 12.7. The molecule has 158 valence electrons. The van der Waals surface area contributed by atoms with Crippen LogP contribution in [0.4, 0.5) is 5.69 Å². The van der Waals surface area contributed by atoms with E-state index >= 15 is 0 Å². The van der Waals surface area contributed by atoms with E-state index in [0.29, 0.717) is 33.9 Å². The Morgan fingerprint density at radius 1 is 0.935 bits per heavy atom. The lowest BCUT2D eigenvalue weighted by Crippen LogP contribution is -2.22. The van der Waals surface area contributed by atoms with Crippen molar-refractivity contribution in [2.75, 3.05) is 4.72 Å². The van der Waals surface area contributed by atoms with Crippen LogP contribution in [0.25, 0.3) is 11.0 Å². The second kappa shape index (κ2) is 8.29. The molecule has 0 atom stereocenters. The Kier molecular flexibility index (Phi) is 5.53. The standard InChI is InChI=1S/C21H17ClN4O4S/c22-15-3-1-2-13(10-15)12-23-20(27)14-4-6-16(7-5-14)26-31(29,30)17-8-9-18-19(11-17)25-21(28)24-18/h1-11,26H,12H2,(H,23,27)(H2,24,25,28). The van der Waals surface area contributed by atoms with Crippen molar-refractivity contribution in [1.29, 1.82) is 0 Å². The largest absolute Gasteiger partial charge is 0.348 e. The molecule has 8 nitrogen and oxygen atoms in total. The summed E-state index contributed by atoms with van der Waals surface area (Å²) < 4.78 is 27.8. The molecule has 0 aliphatic carbocycles. The highest BCUT2D eigenvalue weighted by molar-refractivity contribution is 7.92. The molecule has 1 amide bonds. The molecule has 3 aromatic carbocycles. The fourth-order valence-corrected chi connectivity index (χ4v) is 4.31. The quantitative estimate of drug-likeness (QED) is 0.355. The third-order valence-electron chi connectivity index (χ3n) is 4.54. The first-order valence-electron chi connectivity index (χ1n) is 9.18. The molecule has 31 heavy (non-hydrogen) atoms. The van der Waals surface area contributed by atoms with Gasteiger partial charge in [-0.15, -0.1) is 0 Å². The Balaban J connectivity index is 1.44. The number of anilines is 1. The maximum atomic E-state index is 12.7. The number of imidazole rings is 1. The predicted molar refractivity (Wildman–Crippen MR) is 119 cm³/mol. The number of carbonyl (C=O) groups is 1. The first-order valence-corrected chi connectivity index (χ1v) is 11.0. The number of hydrogen-bond acceptors (Lipinski definition) is 4. The molecule has 0 aliphatic heterocycles. The zero-order valence-corrected chi connectivity index (χ0v) is 17.5. The van der Waals surface area contributed by atoms with E-state index < -0.39 is 15.7 Å². The molecule has 4 aromatic rings. The van der Waals surface area contributed by atoms with Gasteiger partial charge in [0.1, 0.15) is 0 Å². The molecular weight excluding hydrogens is 440 g/mol. The number of aromatic nitrogens is 2. The molecule has 10 heteroatoms. The average Bonchev–Trinajstić information content (AvgIpc) is 3.11. The minimum Gasteiger partial charge on any atom is -0.348 e. The van der Waals surface area contributed by atoms with Gasteiger partial charge in [-0.3, -0.25) is 9.52 Å². The Labute approximate surface area is 182 Å². The SMILES string of the molecule is O=C(NCc1cccc(Cl)c1)c1ccc(NS(=O)(=O)c2ccc3[nH]c(=O)[nH]c3c2)cc1. The summed E-state index contributed by atoms with van der Waals surface area (Å²) in [6.07, 6.45) is 0. The summed E-state index contributed by atoms with van der Waals surface area (Å²) in [5.74, 6) is -0.295. The van der Waals surface area contributed by atoms with Gasteiger partial charge in [-0.05, 0) is 60.2 Å². The molecule has 0 radical (unpaired) electrons. The second-order valence-corrected chi connectivity index (χ2v) is 8.90. The maximum Gasteiger partial charge on any atom is 0.323 e. The summed E-state index contributed by atoms with van der Waals surface area (Å²) in [5.41, 5.74) is 2.04. The van der Waals surface area contributed by atoms with Crippen molar-refractivity contribution in [1.82, 2.24) is 15.3 Å². The van der Waals surface area contributed by atoms with Gasteiger partial charge in [-0.25, -0.2) is 13.2 Å². The van der Waals surface area contributed by atoms with Crippen molar-refractivity contribution in [2.45, 2.75) is 11.4 Å². The number of amides is 1. The van der Waals surface area contributed by atoms with Gasteiger partial charge in [-0.2, -0.15) is 0 Å². The van der Waals surface area contributed by atoms with E-state index in [1.54, 1.807) is 18.2 Å². The van der Waals surface area contributed by atoms with Crippen LogP contribution in [0.2, 0.25) is 5.02 Å². The smallest absolute Gasteiger partial charge is 0.323 e. The van der Waals surface area contributed by atoms with Crippen LogP contribution < -0.4 is 15.7 Å². The number of sulfonamides is 1. The second-order valence-electron chi connectivity index (χ2n) is 6.78. The van der Waals surface area contributed by atoms with Crippen LogP contribution >= 0.6 is 11.6 Å². The minimum atomic E-state index is -3.88. The highest BCUT2D eigenvalue weighted by Crippen LogP contribution is 2.19. The third kappa shape index (κ3) is 4.79. The number of rotatable bonds is 6.